The highest BCUT2D eigenvalue weighted by Gasteiger charge is 2.04. The Morgan fingerprint density at radius 3 is 2.63 bits per heavy atom. The van der Waals surface area contributed by atoms with Gasteiger partial charge in [0, 0.05) is 49.6 Å². The van der Waals surface area contributed by atoms with E-state index in [0.29, 0.717) is 0 Å². The summed E-state index contributed by atoms with van der Waals surface area (Å²) in [6, 6.07) is 14.6. The van der Waals surface area contributed by atoms with Gasteiger partial charge in [-0.3, -0.25) is 4.99 Å². The van der Waals surface area contributed by atoms with Crippen molar-refractivity contribution in [3.05, 3.63) is 66.1 Å². The Kier molecular flexibility index (Phi) is 8.93. The third kappa shape index (κ3) is 6.42. The molecular formula is C20H26IN5S. The fraction of sp³-hybridized carbons (Fsp3) is 0.300. The molecule has 0 fully saturated rings. The highest BCUT2D eigenvalue weighted by atomic mass is 127. The van der Waals surface area contributed by atoms with Crippen LogP contribution in [0.25, 0.3) is 5.65 Å². The lowest BCUT2D eigenvalue weighted by Crippen LogP contribution is -2.39. The molecule has 2 N–H and O–H groups in total. The zero-order chi connectivity index (χ0) is 18.2. The zero-order valence-electron chi connectivity index (χ0n) is 15.7. The Morgan fingerprint density at radius 2 is 1.89 bits per heavy atom. The molecule has 0 unspecified atom stereocenters. The lowest BCUT2D eigenvalue weighted by atomic mass is 10.3. The van der Waals surface area contributed by atoms with Crippen LogP contribution in [0.3, 0.4) is 0 Å². The molecule has 0 aliphatic rings. The van der Waals surface area contributed by atoms with Gasteiger partial charge in [-0.15, -0.1) is 35.7 Å². The average molecular weight is 495 g/mol. The highest BCUT2D eigenvalue weighted by molar-refractivity contribution is 14.0. The predicted octanol–water partition coefficient (Wildman–Crippen LogP) is 3.76. The minimum atomic E-state index is 0. The summed E-state index contributed by atoms with van der Waals surface area (Å²) in [6.07, 6.45) is 4.99. The number of aliphatic imine (C=N–C) groups is 1. The van der Waals surface area contributed by atoms with E-state index in [1.165, 1.54) is 10.5 Å². The molecular weight excluding hydrogens is 469 g/mol. The number of nitrogens with one attached hydrogen (secondary N) is 2. The molecule has 0 saturated carbocycles. The first-order chi connectivity index (χ1) is 12.8. The Balaban J connectivity index is 0.00000261. The minimum absolute atomic E-state index is 0. The summed E-state index contributed by atoms with van der Waals surface area (Å²) in [4.78, 5) is 10.3. The number of aromatic nitrogens is 2. The summed E-state index contributed by atoms with van der Waals surface area (Å²) < 4.78 is 2.08. The second-order valence-corrected chi connectivity index (χ2v) is 7.16. The summed E-state index contributed by atoms with van der Waals surface area (Å²) >= 11 is 1.84. The van der Waals surface area contributed by atoms with Crippen molar-refractivity contribution in [1.82, 2.24) is 20.0 Å². The van der Waals surface area contributed by atoms with E-state index in [9.17, 15) is 0 Å². The van der Waals surface area contributed by atoms with Crippen LogP contribution in [0.15, 0.2) is 64.7 Å². The maximum Gasteiger partial charge on any atom is 0.191 e. The molecule has 2 heterocycles. The number of benzene rings is 1. The topological polar surface area (TPSA) is 53.7 Å². The molecule has 144 valence electrons. The largest absolute Gasteiger partial charge is 0.356 e. The second-order valence-electron chi connectivity index (χ2n) is 5.99. The number of rotatable bonds is 7. The van der Waals surface area contributed by atoms with E-state index in [0.717, 1.165) is 42.6 Å². The van der Waals surface area contributed by atoms with Crippen LogP contribution in [0, 0.1) is 6.92 Å². The minimum Gasteiger partial charge on any atom is -0.356 e. The maximum atomic E-state index is 4.70. The van der Waals surface area contributed by atoms with Crippen molar-refractivity contribution < 1.29 is 0 Å². The van der Waals surface area contributed by atoms with Gasteiger partial charge in [-0.05, 0) is 30.7 Å². The molecule has 0 radical (unpaired) electrons. The quantitative estimate of drug-likeness (QED) is 0.172. The van der Waals surface area contributed by atoms with Gasteiger partial charge in [-0.2, -0.15) is 0 Å². The van der Waals surface area contributed by atoms with Gasteiger partial charge >= 0.3 is 0 Å². The standard InChI is InChI=1S/C20H25N5S.HI/c1-16-7-6-13-25-15-17(24-19(16)25)10-11-22-20(21-2)23-12-14-26-18-8-4-3-5-9-18;/h3-9,13,15H,10-12,14H2,1-2H3,(H2,21,22,23);1H. The third-order valence-corrected chi connectivity index (χ3v) is 5.05. The fourth-order valence-corrected chi connectivity index (χ4v) is 3.50. The van der Waals surface area contributed by atoms with Gasteiger partial charge in [0.1, 0.15) is 5.65 Å². The molecule has 3 rings (SSSR count). The Bertz CT molecular complexity index is 863. The zero-order valence-corrected chi connectivity index (χ0v) is 18.8. The molecule has 1 aromatic carbocycles. The SMILES string of the molecule is CN=C(NCCSc1ccccc1)NCCc1cn2cccc(C)c2n1.I. The van der Waals surface area contributed by atoms with Crippen LogP contribution in [-0.2, 0) is 6.42 Å². The summed E-state index contributed by atoms with van der Waals surface area (Å²) in [5, 5.41) is 6.71. The molecule has 0 amide bonds. The van der Waals surface area contributed by atoms with Crippen LogP contribution in [-0.4, -0.2) is 41.2 Å². The molecule has 0 spiro atoms. The number of pyridine rings is 1. The van der Waals surface area contributed by atoms with Crippen molar-refractivity contribution in [2.45, 2.75) is 18.2 Å². The van der Waals surface area contributed by atoms with Gasteiger partial charge in [0.05, 0.1) is 5.69 Å². The van der Waals surface area contributed by atoms with Gasteiger partial charge in [-0.25, -0.2) is 4.98 Å². The number of halogens is 1. The molecule has 3 aromatic rings. The number of imidazole rings is 1. The number of thioether (sulfide) groups is 1. The number of fused-ring (bicyclic) bond motifs is 1. The second kappa shape index (κ2) is 11.2. The molecule has 27 heavy (non-hydrogen) atoms. The van der Waals surface area contributed by atoms with Crippen LogP contribution in [0.4, 0.5) is 0 Å². The van der Waals surface area contributed by atoms with Crippen LogP contribution >= 0.6 is 35.7 Å². The number of hydrogen-bond acceptors (Lipinski definition) is 3. The van der Waals surface area contributed by atoms with Crippen LogP contribution in [0.1, 0.15) is 11.3 Å². The molecule has 0 aliphatic carbocycles. The average Bonchev–Trinajstić information content (AvgIpc) is 3.09. The van der Waals surface area contributed by atoms with E-state index in [1.807, 2.05) is 30.1 Å². The van der Waals surface area contributed by atoms with Gasteiger partial charge in [0.15, 0.2) is 5.96 Å². The van der Waals surface area contributed by atoms with Crippen LogP contribution < -0.4 is 10.6 Å². The van der Waals surface area contributed by atoms with Gasteiger partial charge in [-0.1, -0.05) is 24.3 Å². The molecule has 0 saturated heterocycles. The maximum absolute atomic E-state index is 4.70. The first-order valence-electron chi connectivity index (χ1n) is 8.82. The van der Waals surface area contributed by atoms with E-state index >= 15 is 0 Å². The normalized spacial score (nSPS) is 11.3. The first-order valence-corrected chi connectivity index (χ1v) is 9.80. The van der Waals surface area contributed by atoms with E-state index in [1.54, 1.807) is 7.05 Å². The highest BCUT2D eigenvalue weighted by Crippen LogP contribution is 2.15. The molecule has 5 nitrogen and oxygen atoms in total. The summed E-state index contributed by atoms with van der Waals surface area (Å²) in [7, 11) is 1.80. The third-order valence-electron chi connectivity index (χ3n) is 4.03. The van der Waals surface area contributed by atoms with E-state index in [-0.39, 0.29) is 24.0 Å². The summed E-state index contributed by atoms with van der Waals surface area (Å²) in [5.41, 5.74) is 3.31. The van der Waals surface area contributed by atoms with Crippen molar-refractivity contribution >= 4 is 47.3 Å². The Hall–Kier alpha value is -1.74. The van der Waals surface area contributed by atoms with E-state index in [2.05, 4.69) is 63.5 Å². The van der Waals surface area contributed by atoms with Crippen molar-refractivity contribution in [3.63, 3.8) is 0 Å². The van der Waals surface area contributed by atoms with Crippen LogP contribution in [0.5, 0.6) is 0 Å². The lowest BCUT2D eigenvalue weighted by Gasteiger charge is -2.11. The number of aryl methyl sites for hydroxylation is 1. The first kappa shape index (κ1) is 21.6. The van der Waals surface area contributed by atoms with Gasteiger partial charge in [0.25, 0.3) is 0 Å². The van der Waals surface area contributed by atoms with Gasteiger partial charge < -0.3 is 15.0 Å². The summed E-state index contributed by atoms with van der Waals surface area (Å²) in [6.45, 7) is 3.75. The Labute approximate surface area is 182 Å². The fourth-order valence-electron chi connectivity index (χ4n) is 2.71. The van der Waals surface area contributed by atoms with Gasteiger partial charge in [0.2, 0.25) is 0 Å². The van der Waals surface area contributed by atoms with Crippen molar-refractivity contribution in [2.75, 3.05) is 25.9 Å². The van der Waals surface area contributed by atoms with Crippen molar-refractivity contribution in [1.29, 1.82) is 0 Å². The molecule has 7 heteroatoms. The molecule has 0 aliphatic heterocycles. The number of hydrogen-bond donors (Lipinski definition) is 2. The monoisotopic (exact) mass is 495 g/mol. The molecule has 0 bridgehead atoms. The number of nitrogens with zero attached hydrogens (tertiary/aromatic N) is 3. The summed E-state index contributed by atoms with van der Waals surface area (Å²) in [5.74, 6) is 1.83. The molecule has 0 atom stereocenters. The Morgan fingerprint density at radius 1 is 1.11 bits per heavy atom. The van der Waals surface area contributed by atoms with Crippen molar-refractivity contribution in [2.24, 2.45) is 4.99 Å². The number of guanidine groups is 1. The molecule has 2 aromatic heterocycles. The predicted molar refractivity (Wildman–Crippen MR) is 126 cm³/mol. The van der Waals surface area contributed by atoms with Crippen molar-refractivity contribution in [3.8, 4) is 0 Å². The van der Waals surface area contributed by atoms with Crippen LogP contribution in [0.2, 0.25) is 0 Å². The van der Waals surface area contributed by atoms with E-state index < -0.39 is 0 Å². The smallest absolute Gasteiger partial charge is 0.191 e. The lowest BCUT2D eigenvalue weighted by molar-refractivity contribution is 0.802. The van der Waals surface area contributed by atoms with E-state index in [4.69, 9.17) is 4.98 Å².